The number of nitrogens with one attached hydrogen (secondary N) is 3. The molecule has 1 unspecified atom stereocenters. The summed E-state index contributed by atoms with van der Waals surface area (Å²) in [5.41, 5.74) is 3.69. The molecule has 1 fully saturated rings. The van der Waals surface area contributed by atoms with Gasteiger partial charge in [0.05, 0.1) is 17.3 Å². The fourth-order valence-corrected chi connectivity index (χ4v) is 5.67. The summed E-state index contributed by atoms with van der Waals surface area (Å²) >= 11 is 3.45. The number of rotatable bonds is 16. The van der Waals surface area contributed by atoms with Crippen LogP contribution in [0.25, 0.3) is 5.70 Å². The standard InChI is InChI=1S/C31H46BrN5O3/c1-3-31(21-28(35-26-14-19-40-20-15-26)27-22-34-37(4-2)29(27)36-31)23-33-30(38)25-12-10-24(11-13-25)9-5-7-17-39-18-8-6-16-32/h10-13,21-22,26,35-36H,3-9,14-20,23H2,1-2H3,(H,33,38). The van der Waals surface area contributed by atoms with Gasteiger partial charge in [-0.2, -0.15) is 5.10 Å². The zero-order valence-corrected chi connectivity index (χ0v) is 25.7. The molecule has 1 aromatic heterocycles. The van der Waals surface area contributed by atoms with Crippen molar-refractivity contribution in [1.82, 2.24) is 20.4 Å². The van der Waals surface area contributed by atoms with E-state index in [1.54, 1.807) is 0 Å². The van der Waals surface area contributed by atoms with E-state index in [-0.39, 0.29) is 5.91 Å². The number of halogens is 1. The molecule has 1 aromatic carbocycles. The molecule has 0 radical (unpaired) electrons. The highest BCUT2D eigenvalue weighted by atomic mass is 79.9. The molecule has 1 atom stereocenters. The van der Waals surface area contributed by atoms with E-state index in [9.17, 15) is 4.79 Å². The maximum absolute atomic E-state index is 13.2. The minimum Gasteiger partial charge on any atom is -0.382 e. The third-order valence-corrected chi connectivity index (χ3v) is 8.45. The van der Waals surface area contributed by atoms with Gasteiger partial charge in [-0.25, -0.2) is 4.68 Å². The van der Waals surface area contributed by atoms with Crippen molar-refractivity contribution in [1.29, 1.82) is 0 Å². The SMILES string of the molecule is CCn1ncc2c1NC(CC)(CNC(=O)c1ccc(CCCCOCCCCBr)cc1)C=C2NC1CCOCC1. The summed E-state index contributed by atoms with van der Waals surface area (Å²) < 4.78 is 13.2. The van der Waals surface area contributed by atoms with Crippen LogP contribution in [0.15, 0.2) is 36.5 Å². The van der Waals surface area contributed by atoms with Crippen molar-refractivity contribution in [3.63, 3.8) is 0 Å². The number of nitrogens with zero attached hydrogens (tertiary/aromatic N) is 2. The van der Waals surface area contributed by atoms with Crippen LogP contribution in [0.4, 0.5) is 5.82 Å². The summed E-state index contributed by atoms with van der Waals surface area (Å²) in [4.78, 5) is 13.2. The lowest BCUT2D eigenvalue weighted by molar-refractivity contribution is 0.0818. The first-order chi connectivity index (χ1) is 19.6. The van der Waals surface area contributed by atoms with Gasteiger partial charge in [-0.1, -0.05) is 35.0 Å². The molecule has 220 valence electrons. The lowest BCUT2D eigenvalue weighted by Gasteiger charge is -2.38. The predicted octanol–water partition coefficient (Wildman–Crippen LogP) is 5.53. The molecule has 0 bridgehead atoms. The Morgan fingerprint density at radius 3 is 2.60 bits per heavy atom. The van der Waals surface area contributed by atoms with Crippen LogP contribution in [0.2, 0.25) is 0 Å². The van der Waals surface area contributed by atoms with Crippen LogP contribution in [-0.2, 0) is 22.4 Å². The van der Waals surface area contributed by atoms with Gasteiger partial charge >= 0.3 is 0 Å². The van der Waals surface area contributed by atoms with Crippen LogP contribution in [0.3, 0.4) is 0 Å². The van der Waals surface area contributed by atoms with Gasteiger partial charge in [0.1, 0.15) is 5.82 Å². The lowest BCUT2D eigenvalue weighted by Crippen LogP contribution is -2.50. The molecule has 3 heterocycles. The van der Waals surface area contributed by atoms with Gasteiger partial charge in [0.15, 0.2) is 0 Å². The number of hydrogen-bond donors (Lipinski definition) is 3. The van der Waals surface area contributed by atoms with Crippen molar-refractivity contribution in [3.05, 3.63) is 53.2 Å². The maximum atomic E-state index is 13.2. The van der Waals surface area contributed by atoms with E-state index in [1.807, 2.05) is 23.0 Å². The largest absolute Gasteiger partial charge is 0.382 e. The predicted molar refractivity (Wildman–Crippen MR) is 165 cm³/mol. The second-order valence-corrected chi connectivity index (χ2v) is 11.6. The van der Waals surface area contributed by atoms with Crippen molar-refractivity contribution < 1.29 is 14.3 Å². The molecular formula is C31H46BrN5O3. The Morgan fingerprint density at radius 2 is 1.90 bits per heavy atom. The Balaban J connectivity index is 1.33. The minimum absolute atomic E-state index is 0.0554. The number of aryl methyl sites for hydroxylation is 2. The van der Waals surface area contributed by atoms with Gasteiger partial charge in [-0.3, -0.25) is 4.79 Å². The first kappa shape index (κ1) is 30.6. The highest BCUT2D eigenvalue weighted by Crippen LogP contribution is 2.35. The van der Waals surface area contributed by atoms with E-state index in [0.29, 0.717) is 18.2 Å². The summed E-state index contributed by atoms with van der Waals surface area (Å²) in [6.07, 6.45) is 12.4. The van der Waals surface area contributed by atoms with Gasteiger partial charge in [0.2, 0.25) is 0 Å². The van der Waals surface area contributed by atoms with Crippen LogP contribution >= 0.6 is 15.9 Å². The topological polar surface area (TPSA) is 89.4 Å². The van der Waals surface area contributed by atoms with Crippen LogP contribution in [0.1, 0.15) is 80.3 Å². The highest BCUT2D eigenvalue weighted by molar-refractivity contribution is 9.09. The molecule has 2 aliphatic rings. The Kier molecular flexibility index (Phi) is 11.9. The number of ether oxygens (including phenoxy) is 2. The van der Waals surface area contributed by atoms with E-state index in [1.165, 1.54) is 5.56 Å². The number of hydrogen-bond acceptors (Lipinski definition) is 6. The summed E-state index contributed by atoms with van der Waals surface area (Å²) in [6.45, 7) is 8.73. The van der Waals surface area contributed by atoms with Gasteiger partial charge in [-0.05, 0) is 82.1 Å². The Bertz CT molecular complexity index is 1100. The van der Waals surface area contributed by atoms with Crippen molar-refractivity contribution >= 4 is 33.4 Å². The maximum Gasteiger partial charge on any atom is 0.251 e. The highest BCUT2D eigenvalue weighted by Gasteiger charge is 2.35. The summed E-state index contributed by atoms with van der Waals surface area (Å²) in [6, 6.07) is 8.39. The number of anilines is 1. The number of amides is 1. The molecule has 2 aliphatic heterocycles. The van der Waals surface area contributed by atoms with Crippen molar-refractivity contribution in [3.8, 4) is 0 Å². The van der Waals surface area contributed by atoms with Crippen LogP contribution < -0.4 is 16.0 Å². The lowest BCUT2D eigenvalue weighted by atomic mass is 9.89. The zero-order valence-electron chi connectivity index (χ0n) is 24.1. The molecule has 9 heteroatoms. The molecule has 3 N–H and O–H groups in total. The first-order valence-corrected chi connectivity index (χ1v) is 16.1. The third kappa shape index (κ3) is 8.33. The number of unbranched alkanes of at least 4 members (excludes halogenated alkanes) is 2. The second kappa shape index (κ2) is 15.6. The Labute approximate surface area is 247 Å². The smallest absolute Gasteiger partial charge is 0.251 e. The molecule has 1 saturated heterocycles. The molecule has 40 heavy (non-hydrogen) atoms. The molecule has 0 spiro atoms. The quantitative estimate of drug-likeness (QED) is 0.170. The molecule has 0 saturated carbocycles. The Hall–Kier alpha value is -2.36. The summed E-state index contributed by atoms with van der Waals surface area (Å²) in [5.74, 6) is 0.949. The zero-order chi connectivity index (χ0) is 28.2. The van der Waals surface area contributed by atoms with Crippen LogP contribution in [0, 0.1) is 0 Å². The summed E-state index contributed by atoms with van der Waals surface area (Å²) in [5, 5.41) is 16.3. The van der Waals surface area contributed by atoms with Crippen molar-refractivity contribution in [2.75, 3.05) is 43.6 Å². The van der Waals surface area contributed by atoms with E-state index >= 15 is 0 Å². The average molecular weight is 617 g/mol. The van der Waals surface area contributed by atoms with E-state index in [4.69, 9.17) is 9.47 Å². The Morgan fingerprint density at radius 1 is 1.15 bits per heavy atom. The van der Waals surface area contributed by atoms with Crippen LogP contribution in [0.5, 0.6) is 0 Å². The molecule has 4 rings (SSSR count). The molecular weight excluding hydrogens is 570 g/mol. The number of alkyl halides is 1. The number of carbonyl (C=O) groups is 1. The van der Waals surface area contributed by atoms with E-state index in [2.05, 4.69) is 69.0 Å². The summed E-state index contributed by atoms with van der Waals surface area (Å²) in [7, 11) is 0. The molecule has 1 amide bonds. The number of fused-ring (bicyclic) bond motifs is 1. The monoisotopic (exact) mass is 615 g/mol. The van der Waals surface area contributed by atoms with Gasteiger partial charge < -0.3 is 25.4 Å². The second-order valence-electron chi connectivity index (χ2n) is 10.8. The number of benzene rings is 1. The minimum atomic E-state index is -0.417. The van der Waals surface area contributed by atoms with Crippen molar-refractivity contribution in [2.24, 2.45) is 0 Å². The normalized spacial score (nSPS) is 19.0. The molecule has 2 aromatic rings. The van der Waals surface area contributed by atoms with Crippen LogP contribution in [-0.4, -0.2) is 65.6 Å². The van der Waals surface area contributed by atoms with Gasteiger partial charge in [-0.15, -0.1) is 0 Å². The average Bonchev–Trinajstić information content (AvgIpc) is 3.41. The number of carbonyl (C=O) groups excluding carboxylic acids is 1. The van der Waals surface area contributed by atoms with Gasteiger partial charge in [0, 0.05) is 62.1 Å². The first-order valence-electron chi connectivity index (χ1n) is 15.0. The van der Waals surface area contributed by atoms with Gasteiger partial charge in [0.25, 0.3) is 5.91 Å². The fourth-order valence-electron chi connectivity index (χ4n) is 5.27. The van der Waals surface area contributed by atoms with Crippen molar-refractivity contribution in [2.45, 2.75) is 83.3 Å². The molecule has 8 nitrogen and oxygen atoms in total. The van der Waals surface area contributed by atoms with E-state index < -0.39 is 5.54 Å². The number of aromatic nitrogens is 2. The molecule has 0 aliphatic carbocycles. The van der Waals surface area contributed by atoms with E-state index in [0.717, 1.165) is 107 Å². The third-order valence-electron chi connectivity index (χ3n) is 7.89. The fraction of sp³-hybridized carbons (Fsp3) is 0.613.